The second kappa shape index (κ2) is 9.62. The van der Waals surface area contributed by atoms with E-state index in [1.807, 2.05) is 26.8 Å². The van der Waals surface area contributed by atoms with E-state index in [1.54, 1.807) is 7.11 Å². The monoisotopic (exact) mass is 470 g/mol. The zero-order valence-corrected chi connectivity index (χ0v) is 17.3. The van der Waals surface area contributed by atoms with Gasteiger partial charge in [-0.1, -0.05) is 32.4 Å². The fraction of sp³-hybridized carbons (Fsp3) is 0.625. The van der Waals surface area contributed by atoms with Crippen molar-refractivity contribution < 1.29 is 19.4 Å². The molecule has 0 spiro atoms. The largest absolute Gasteiger partial charge is 0.490 e. The third-order valence-electron chi connectivity index (χ3n) is 3.49. The summed E-state index contributed by atoms with van der Waals surface area (Å²) in [6.45, 7) is 7.06. The molecule has 0 aliphatic heterocycles. The second-order valence-corrected chi connectivity index (χ2v) is 7.87. The molecule has 1 heterocycles. The van der Waals surface area contributed by atoms with Gasteiger partial charge in [0, 0.05) is 26.2 Å². The molecular formula is C16H24ClIN2O4. The predicted octanol–water partition coefficient (Wildman–Crippen LogP) is 3.98. The minimum atomic E-state index is -1.04. The van der Waals surface area contributed by atoms with E-state index in [2.05, 4.69) is 32.9 Å². The summed E-state index contributed by atoms with van der Waals surface area (Å²) >= 11 is 8.25. The Labute approximate surface area is 161 Å². The lowest BCUT2D eigenvalue weighted by Gasteiger charge is -2.31. The minimum absolute atomic E-state index is 0.236. The highest BCUT2D eigenvalue weighted by Gasteiger charge is 2.27. The van der Waals surface area contributed by atoms with E-state index in [0.717, 1.165) is 15.7 Å². The molecule has 0 saturated heterocycles. The number of hydrogen-bond acceptors (Lipinski definition) is 4. The van der Waals surface area contributed by atoms with Crippen molar-refractivity contribution in [1.82, 2.24) is 10.3 Å². The van der Waals surface area contributed by atoms with Crippen LogP contribution in [0.3, 0.4) is 0 Å². The highest BCUT2D eigenvalue weighted by Crippen LogP contribution is 2.30. The summed E-state index contributed by atoms with van der Waals surface area (Å²) in [6.07, 6.45) is 0.217. The number of ether oxygens (including phenoxy) is 2. The third kappa shape index (κ3) is 6.98. The van der Waals surface area contributed by atoms with Crippen LogP contribution in [0.1, 0.15) is 32.8 Å². The highest BCUT2D eigenvalue weighted by atomic mass is 127. The van der Waals surface area contributed by atoms with Gasteiger partial charge in [0.2, 0.25) is 0 Å². The first-order valence-electron chi connectivity index (χ1n) is 7.61. The van der Waals surface area contributed by atoms with E-state index < -0.39 is 6.09 Å². The van der Waals surface area contributed by atoms with Crippen LogP contribution in [0.5, 0.6) is 5.75 Å². The van der Waals surface area contributed by atoms with Crippen molar-refractivity contribution in [3.8, 4) is 5.75 Å². The molecule has 0 unspecified atom stereocenters. The number of nitrogens with one attached hydrogen (secondary N) is 1. The number of methoxy groups -OCH3 is 1. The second-order valence-electron chi connectivity index (χ2n) is 6.49. The van der Waals surface area contributed by atoms with Gasteiger partial charge in [0.15, 0.2) is 10.9 Å². The lowest BCUT2D eigenvalue weighted by molar-refractivity contribution is 0.172. The van der Waals surface area contributed by atoms with Crippen molar-refractivity contribution in [3.05, 3.63) is 20.5 Å². The van der Waals surface area contributed by atoms with Gasteiger partial charge in [-0.25, -0.2) is 9.78 Å². The van der Waals surface area contributed by atoms with Crippen molar-refractivity contribution in [2.24, 2.45) is 5.41 Å². The Balaban J connectivity index is 2.94. The lowest BCUT2D eigenvalue weighted by Crippen LogP contribution is -2.44. The molecule has 1 aromatic rings. The van der Waals surface area contributed by atoms with Gasteiger partial charge in [-0.3, -0.25) is 0 Å². The van der Waals surface area contributed by atoms with Gasteiger partial charge >= 0.3 is 6.09 Å². The van der Waals surface area contributed by atoms with E-state index in [-0.39, 0.29) is 11.5 Å². The minimum Gasteiger partial charge on any atom is -0.490 e. The van der Waals surface area contributed by atoms with Gasteiger partial charge in [0.25, 0.3) is 0 Å². The average molecular weight is 471 g/mol. The van der Waals surface area contributed by atoms with Gasteiger partial charge in [-0.2, -0.15) is 0 Å². The molecule has 0 aliphatic rings. The third-order valence-corrected chi connectivity index (χ3v) is 4.69. The summed E-state index contributed by atoms with van der Waals surface area (Å²) < 4.78 is 11.4. The maximum Gasteiger partial charge on any atom is 0.404 e. The number of pyridine rings is 1. The molecule has 1 rings (SSSR count). The molecule has 2 N–H and O–H groups in total. The number of hydrogen-bond donors (Lipinski definition) is 2. The number of halogens is 2. The van der Waals surface area contributed by atoms with Crippen LogP contribution in [-0.2, 0) is 11.2 Å². The van der Waals surface area contributed by atoms with Gasteiger partial charge < -0.3 is 19.9 Å². The van der Waals surface area contributed by atoms with Crippen LogP contribution in [0.2, 0.25) is 5.15 Å². The zero-order chi connectivity index (χ0) is 18.3. The summed E-state index contributed by atoms with van der Waals surface area (Å²) in [5, 5.41) is 12.0. The van der Waals surface area contributed by atoms with Gasteiger partial charge in [0.05, 0.1) is 6.61 Å². The molecule has 0 bridgehead atoms. The Morgan fingerprint density at radius 3 is 2.67 bits per heavy atom. The molecular weight excluding hydrogens is 447 g/mol. The van der Waals surface area contributed by atoms with Crippen molar-refractivity contribution in [3.63, 3.8) is 0 Å². The Kier molecular flexibility index (Phi) is 8.52. The number of carbonyl (C=O) groups is 1. The summed E-state index contributed by atoms with van der Waals surface area (Å²) in [7, 11) is 1.64. The van der Waals surface area contributed by atoms with Gasteiger partial charge in [-0.05, 0) is 46.1 Å². The molecule has 1 amide bonds. The number of nitrogens with zero attached hydrogens (tertiary/aromatic N) is 1. The Morgan fingerprint density at radius 2 is 2.12 bits per heavy atom. The van der Waals surface area contributed by atoms with Crippen molar-refractivity contribution in [2.45, 2.75) is 39.7 Å². The van der Waals surface area contributed by atoms with Gasteiger partial charge in [-0.15, -0.1) is 0 Å². The maximum atomic E-state index is 11.1. The first-order chi connectivity index (χ1) is 11.1. The summed E-state index contributed by atoms with van der Waals surface area (Å²) in [5.41, 5.74) is 0.663. The predicted molar refractivity (Wildman–Crippen MR) is 102 cm³/mol. The van der Waals surface area contributed by atoms with Crippen LogP contribution in [0.15, 0.2) is 6.07 Å². The molecule has 0 saturated carbocycles. The molecule has 0 aliphatic carbocycles. The average Bonchev–Trinajstić information content (AvgIpc) is 2.45. The normalized spacial score (nSPS) is 12.8. The fourth-order valence-corrected chi connectivity index (χ4v) is 3.02. The van der Waals surface area contributed by atoms with Crippen LogP contribution < -0.4 is 10.1 Å². The Hall–Kier alpha value is -0.800. The zero-order valence-electron chi connectivity index (χ0n) is 14.4. The number of aromatic nitrogens is 1. The topological polar surface area (TPSA) is 80.7 Å². The van der Waals surface area contributed by atoms with E-state index in [1.165, 1.54) is 0 Å². The number of rotatable bonds is 8. The summed E-state index contributed by atoms with van der Waals surface area (Å²) in [6, 6.07) is 1.58. The van der Waals surface area contributed by atoms with E-state index in [4.69, 9.17) is 26.2 Å². The van der Waals surface area contributed by atoms with Crippen LogP contribution in [0.25, 0.3) is 0 Å². The molecule has 0 radical (unpaired) electrons. The molecule has 0 fully saturated rings. The van der Waals surface area contributed by atoms with Crippen molar-refractivity contribution in [1.29, 1.82) is 0 Å². The fourth-order valence-electron chi connectivity index (χ4n) is 2.06. The Morgan fingerprint density at radius 1 is 1.46 bits per heavy atom. The number of amides is 1. The number of carboxylic acid groups (broad SMARTS) is 1. The standard InChI is InChI=1S/C16H24ClIN2O4/c1-16(2,3)12(19-15(21)22)9-10-8-11(13(17)20-14(10)18)24-7-5-6-23-4/h8,12,19H,5-7,9H2,1-4H3,(H,21,22)/t12-/m0/s1. The molecule has 1 atom stereocenters. The SMILES string of the molecule is COCCCOc1cc(C[C@H](NC(=O)O)C(C)(C)C)c(I)nc1Cl. The quantitative estimate of drug-likeness (QED) is 0.341. The van der Waals surface area contributed by atoms with Crippen LogP contribution in [0, 0.1) is 9.12 Å². The van der Waals surface area contributed by atoms with E-state index >= 15 is 0 Å². The van der Waals surface area contributed by atoms with E-state index in [9.17, 15) is 4.79 Å². The van der Waals surface area contributed by atoms with Crippen molar-refractivity contribution >= 4 is 40.3 Å². The molecule has 24 heavy (non-hydrogen) atoms. The molecule has 8 heteroatoms. The summed E-state index contributed by atoms with van der Waals surface area (Å²) in [5.74, 6) is 0.506. The molecule has 6 nitrogen and oxygen atoms in total. The highest BCUT2D eigenvalue weighted by molar-refractivity contribution is 14.1. The van der Waals surface area contributed by atoms with E-state index in [0.29, 0.717) is 30.5 Å². The van der Waals surface area contributed by atoms with Crippen molar-refractivity contribution in [2.75, 3.05) is 20.3 Å². The smallest absolute Gasteiger partial charge is 0.404 e. The van der Waals surface area contributed by atoms with Crippen LogP contribution >= 0.6 is 34.2 Å². The van der Waals surface area contributed by atoms with Crippen LogP contribution in [0.4, 0.5) is 4.79 Å². The maximum absolute atomic E-state index is 11.1. The van der Waals surface area contributed by atoms with Crippen LogP contribution in [-0.4, -0.2) is 42.5 Å². The molecule has 0 aromatic carbocycles. The molecule has 136 valence electrons. The first kappa shape index (κ1) is 21.2. The first-order valence-corrected chi connectivity index (χ1v) is 9.07. The Bertz CT molecular complexity index is 564. The lowest BCUT2D eigenvalue weighted by atomic mass is 9.83. The molecule has 1 aromatic heterocycles. The summed E-state index contributed by atoms with van der Waals surface area (Å²) in [4.78, 5) is 15.4. The van der Waals surface area contributed by atoms with Gasteiger partial charge in [0.1, 0.15) is 3.70 Å².